The van der Waals surface area contributed by atoms with E-state index in [9.17, 15) is 4.79 Å². The van der Waals surface area contributed by atoms with Crippen LogP contribution in [0.25, 0.3) is 0 Å². The molecule has 0 bridgehead atoms. The highest BCUT2D eigenvalue weighted by atomic mass is 79.9. The van der Waals surface area contributed by atoms with Crippen LogP contribution >= 0.6 is 54.8 Å². The molecule has 0 N–H and O–H groups in total. The highest BCUT2D eigenvalue weighted by Gasteiger charge is 2.20. The average Bonchev–Trinajstić information content (AvgIpc) is 2.69. The number of carbonyl (C=O) groups is 1. The molecule has 0 aliphatic rings. The van der Waals surface area contributed by atoms with E-state index in [2.05, 4.69) is 31.9 Å². The zero-order valence-electron chi connectivity index (χ0n) is 9.17. The topological polar surface area (TPSA) is 26.3 Å². The fourth-order valence-corrected chi connectivity index (χ4v) is 3.73. The number of ketones is 1. The summed E-state index contributed by atoms with van der Waals surface area (Å²) < 4.78 is 6.80. The maximum Gasteiger partial charge on any atom is 0.207 e. The van der Waals surface area contributed by atoms with Crippen LogP contribution in [0.3, 0.4) is 0 Å². The number of ether oxygens (including phenoxy) is 1. The van der Waals surface area contributed by atoms with E-state index in [1.165, 1.54) is 18.4 Å². The predicted octanol–water partition coefficient (Wildman–Crippen LogP) is 5.17. The summed E-state index contributed by atoms with van der Waals surface area (Å²) in [6, 6.07) is 4.99. The van der Waals surface area contributed by atoms with Gasteiger partial charge < -0.3 is 4.74 Å². The molecule has 0 saturated heterocycles. The predicted molar refractivity (Wildman–Crippen MR) is 81.2 cm³/mol. The summed E-state index contributed by atoms with van der Waals surface area (Å²) in [5.74, 6) is 0.401. The molecule has 2 aromatic rings. The van der Waals surface area contributed by atoms with E-state index in [1.807, 2.05) is 5.38 Å². The van der Waals surface area contributed by atoms with E-state index in [1.54, 1.807) is 18.2 Å². The summed E-state index contributed by atoms with van der Waals surface area (Å²) in [5, 5.41) is 2.36. The minimum atomic E-state index is -0.114. The van der Waals surface area contributed by atoms with Crippen molar-refractivity contribution in [1.82, 2.24) is 0 Å². The van der Waals surface area contributed by atoms with Crippen LogP contribution in [0.1, 0.15) is 15.2 Å². The smallest absolute Gasteiger partial charge is 0.207 e. The molecule has 0 aliphatic carbocycles. The molecule has 0 spiro atoms. The van der Waals surface area contributed by atoms with E-state index in [0.29, 0.717) is 21.2 Å². The van der Waals surface area contributed by atoms with E-state index in [-0.39, 0.29) is 5.78 Å². The van der Waals surface area contributed by atoms with Crippen molar-refractivity contribution < 1.29 is 9.53 Å². The lowest BCUT2D eigenvalue weighted by molar-refractivity contribution is 0.103. The Balaban J connectivity index is 2.52. The summed E-state index contributed by atoms with van der Waals surface area (Å²) in [7, 11) is 1.53. The first-order valence-corrected chi connectivity index (χ1v) is 7.69. The van der Waals surface area contributed by atoms with Gasteiger partial charge in [-0.15, -0.1) is 11.3 Å². The van der Waals surface area contributed by atoms with Crippen molar-refractivity contribution in [1.29, 1.82) is 0 Å². The van der Waals surface area contributed by atoms with Gasteiger partial charge in [0, 0.05) is 14.9 Å². The number of hydrogen-bond donors (Lipinski definition) is 0. The molecule has 0 saturated carbocycles. The average molecular weight is 411 g/mol. The molecular formula is C12H7Br2ClO2S. The third-order valence-electron chi connectivity index (χ3n) is 2.30. The number of benzene rings is 1. The monoisotopic (exact) mass is 408 g/mol. The van der Waals surface area contributed by atoms with Crippen molar-refractivity contribution in [3.05, 3.63) is 48.0 Å². The van der Waals surface area contributed by atoms with Crippen LogP contribution in [-0.2, 0) is 0 Å². The zero-order chi connectivity index (χ0) is 13.3. The van der Waals surface area contributed by atoms with Crippen molar-refractivity contribution in [2.24, 2.45) is 0 Å². The zero-order valence-corrected chi connectivity index (χ0v) is 13.9. The molecule has 0 amide bonds. The minimum absolute atomic E-state index is 0.114. The molecule has 1 heterocycles. The van der Waals surface area contributed by atoms with Crippen molar-refractivity contribution in [3.8, 4) is 5.75 Å². The quantitative estimate of drug-likeness (QED) is 0.653. The summed E-state index contributed by atoms with van der Waals surface area (Å²) in [6.45, 7) is 0. The molecule has 1 aromatic carbocycles. The standard InChI is InChI=1S/C12H7Br2ClO2S/c1-17-9-3-2-6(15)4-7(9)11(16)12-10(14)8(13)5-18-12/h2-5H,1H3. The van der Waals surface area contributed by atoms with Crippen molar-refractivity contribution in [3.63, 3.8) is 0 Å². The molecule has 0 unspecified atom stereocenters. The van der Waals surface area contributed by atoms with Crippen LogP contribution in [0.4, 0.5) is 0 Å². The third kappa shape index (κ3) is 2.64. The molecule has 0 aliphatic heterocycles. The lowest BCUT2D eigenvalue weighted by Crippen LogP contribution is -2.02. The van der Waals surface area contributed by atoms with Crippen LogP contribution < -0.4 is 4.74 Å². The number of thiophene rings is 1. The molecule has 0 atom stereocenters. The lowest BCUT2D eigenvalue weighted by atomic mass is 10.1. The van der Waals surface area contributed by atoms with Crippen LogP contribution in [0.15, 0.2) is 32.5 Å². The Morgan fingerprint density at radius 3 is 2.67 bits per heavy atom. The Labute approximate surface area is 130 Å². The number of halogens is 3. The molecule has 0 radical (unpaired) electrons. The largest absolute Gasteiger partial charge is 0.496 e. The summed E-state index contributed by atoms with van der Waals surface area (Å²) in [5.41, 5.74) is 0.458. The second-order valence-corrected chi connectivity index (χ2v) is 6.36. The maximum atomic E-state index is 12.4. The minimum Gasteiger partial charge on any atom is -0.496 e. The first kappa shape index (κ1) is 14.1. The van der Waals surface area contributed by atoms with Crippen LogP contribution in [0, 0.1) is 0 Å². The Kier molecular flexibility index (Phi) is 4.48. The normalized spacial score (nSPS) is 10.4. The van der Waals surface area contributed by atoms with Crippen molar-refractivity contribution in [2.75, 3.05) is 7.11 Å². The van der Waals surface area contributed by atoms with Gasteiger partial charge in [-0.2, -0.15) is 0 Å². The van der Waals surface area contributed by atoms with Gasteiger partial charge in [0.05, 0.1) is 22.0 Å². The third-order valence-corrected chi connectivity index (χ3v) is 6.06. The van der Waals surface area contributed by atoms with E-state index < -0.39 is 0 Å². The van der Waals surface area contributed by atoms with Gasteiger partial charge in [-0.1, -0.05) is 11.6 Å². The van der Waals surface area contributed by atoms with Gasteiger partial charge in [0.25, 0.3) is 0 Å². The Morgan fingerprint density at radius 1 is 1.39 bits per heavy atom. The Bertz CT molecular complexity index is 610. The van der Waals surface area contributed by atoms with Gasteiger partial charge in [0.15, 0.2) is 0 Å². The van der Waals surface area contributed by atoms with Gasteiger partial charge in [0.2, 0.25) is 5.78 Å². The summed E-state index contributed by atoms with van der Waals surface area (Å²) in [4.78, 5) is 13.0. The van der Waals surface area contributed by atoms with Crippen molar-refractivity contribution >= 4 is 60.6 Å². The first-order chi connectivity index (χ1) is 8.54. The van der Waals surface area contributed by atoms with E-state index >= 15 is 0 Å². The Hall–Kier alpha value is -0.360. The molecule has 2 nitrogen and oxygen atoms in total. The van der Waals surface area contributed by atoms with Crippen LogP contribution in [-0.4, -0.2) is 12.9 Å². The highest BCUT2D eigenvalue weighted by Crippen LogP contribution is 2.36. The van der Waals surface area contributed by atoms with Gasteiger partial charge in [0.1, 0.15) is 5.75 Å². The van der Waals surface area contributed by atoms with Gasteiger partial charge in [-0.3, -0.25) is 4.79 Å². The molecule has 6 heteroatoms. The molecule has 94 valence electrons. The number of hydrogen-bond acceptors (Lipinski definition) is 3. The maximum absolute atomic E-state index is 12.4. The first-order valence-electron chi connectivity index (χ1n) is 4.85. The van der Waals surface area contributed by atoms with Gasteiger partial charge in [-0.25, -0.2) is 0 Å². The molecule has 1 aromatic heterocycles. The number of rotatable bonds is 3. The van der Waals surface area contributed by atoms with Gasteiger partial charge in [-0.05, 0) is 50.1 Å². The number of carbonyl (C=O) groups excluding carboxylic acids is 1. The second kappa shape index (κ2) is 5.74. The van der Waals surface area contributed by atoms with Crippen LogP contribution in [0.5, 0.6) is 5.75 Å². The van der Waals surface area contributed by atoms with E-state index in [4.69, 9.17) is 16.3 Å². The van der Waals surface area contributed by atoms with Gasteiger partial charge >= 0.3 is 0 Å². The highest BCUT2D eigenvalue weighted by molar-refractivity contribution is 9.13. The molecule has 18 heavy (non-hydrogen) atoms. The lowest BCUT2D eigenvalue weighted by Gasteiger charge is -2.07. The van der Waals surface area contributed by atoms with E-state index in [0.717, 1.165) is 8.95 Å². The van der Waals surface area contributed by atoms with Crippen LogP contribution in [0.2, 0.25) is 5.02 Å². The summed E-state index contributed by atoms with van der Waals surface area (Å²) in [6.07, 6.45) is 0. The Morgan fingerprint density at radius 2 is 2.11 bits per heavy atom. The fourth-order valence-electron chi connectivity index (χ4n) is 1.46. The molecule has 0 fully saturated rings. The molecule has 2 rings (SSSR count). The summed E-state index contributed by atoms with van der Waals surface area (Å²) >= 11 is 14.0. The SMILES string of the molecule is COc1ccc(Cl)cc1C(=O)c1scc(Br)c1Br. The second-order valence-electron chi connectivity index (χ2n) is 3.40. The fraction of sp³-hybridized carbons (Fsp3) is 0.0833. The number of methoxy groups -OCH3 is 1. The molecular weight excluding hydrogens is 403 g/mol. The van der Waals surface area contributed by atoms with Crippen molar-refractivity contribution in [2.45, 2.75) is 0 Å².